The maximum absolute atomic E-state index is 12.7. The minimum atomic E-state index is 0.0358. The van der Waals surface area contributed by atoms with Crippen molar-refractivity contribution in [2.75, 3.05) is 20.2 Å². The molecule has 1 amide bonds. The molecule has 2 N–H and O–H groups in total. The summed E-state index contributed by atoms with van der Waals surface area (Å²) in [4.78, 5) is 19.4. The highest BCUT2D eigenvalue weighted by Gasteiger charge is 2.40. The molecule has 3 aliphatic rings. The number of benzene rings is 1. The number of amides is 1. The van der Waals surface area contributed by atoms with Crippen LogP contribution in [0, 0.1) is 5.92 Å². The minimum Gasteiger partial charge on any atom is -0.482 e. The van der Waals surface area contributed by atoms with Gasteiger partial charge in [-0.3, -0.25) is 9.69 Å². The van der Waals surface area contributed by atoms with E-state index in [1.165, 1.54) is 25.9 Å². The van der Waals surface area contributed by atoms with E-state index in [0.717, 1.165) is 21.4 Å². The fourth-order valence-electron chi connectivity index (χ4n) is 4.12. The van der Waals surface area contributed by atoms with Crippen molar-refractivity contribution in [3.8, 4) is 5.88 Å². The lowest BCUT2D eigenvalue weighted by Gasteiger charge is -2.49. The lowest BCUT2D eigenvalue weighted by atomic mass is 9.79. The van der Waals surface area contributed by atoms with Gasteiger partial charge in [0, 0.05) is 28.6 Å². The monoisotopic (exact) mass is 371 g/mol. The first-order chi connectivity index (χ1) is 12.6. The third-order valence-corrected chi connectivity index (χ3v) is 6.64. The third kappa shape index (κ3) is 3.48. The zero-order chi connectivity index (χ0) is 18.1. The van der Waals surface area contributed by atoms with Gasteiger partial charge in [0.15, 0.2) is 5.88 Å². The van der Waals surface area contributed by atoms with Crippen molar-refractivity contribution >= 4 is 17.7 Å². The van der Waals surface area contributed by atoms with Crippen LogP contribution in [-0.4, -0.2) is 48.1 Å². The maximum Gasteiger partial charge on any atom is 0.251 e. The SMILES string of the molecule is COc1ccc(Sc2ccc(C(=O)N[C@@H]3C4CCN(CC4)[C@H]3C)cc2)[nH]1. The number of fused-ring (bicyclic) bond motifs is 3. The van der Waals surface area contributed by atoms with Gasteiger partial charge in [-0.15, -0.1) is 0 Å². The van der Waals surface area contributed by atoms with Crippen LogP contribution in [0.15, 0.2) is 46.3 Å². The summed E-state index contributed by atoms with van der Waals surface area (Å²) in [6.07, 6.45) is 2.40. The van der Waals surface area contributed by atoms with E-state index in [4.69, 9.17) is 4.74 Å². The topological polar surface area (TPSA) is 57.4 Å². The Morgan fingerprint density at radius 3 is 2.54 bits per heavy atom. The van der Waals surface area contributed by atoms with Crippen LogP contribution in [0.25, 0.3) is 0 Å². The predicted molar refractivity (Wildman–Crippen MR) is 103 cm³/mol. The smallest absolute Gasteiger partial charge is 0.251 e. The summed E-state index contributed by atoms with van der Waals surface area (Å²) in [7, 11) is 1.64. The molecule has 2 bridgehead atoms. The number of piperidine rings is 3. The quantitative estimate of drug-likeness (QED) is 0.846. The Morgan fingerprint density at radius 2 is 1.92 bits per heavy atom. The van der Waals surface area contributed by atoms with Crippen LogP contribution >= 0.6 is 11.8 Å². The molecule has 3 fully saturated rings. The van der Waals surface area contributed by atoms with E-state index in [2.05, 4.69) is 22.1 Å². The van der Waals surface area contributed by atoms with Gasteiger partial charge in [0.05, 0.1) is 12.1 Å². The highest BCUT2D eigenvalue weighted by molar-refractivity contribution is 7.99. The second-order valence-corrected chi connectivity index (χ2v) is 8.25. The van der Waals surface area contributed by atoms with Gasteiger partial charge in [-0.05, 0) is 69.1 Å². The Balaban J connectivity index is 1.39. The Bertz CT molecular complexity index is 764. The molecule has 138 valence electrons. The summed E-state index contributed by atoms with van der Waals surface area (Å²) >= 11 is 1.62. The van der Waals surface area contributed by atoms with E-state index < -0.39 is 0 Å². The van der Waals surface area contributed by atoms with Crippen LogP contribution in [0.2, 0.25) is 0 Å². The van der Waals surface area contributed by atoms with Crippen LogP contribution in [0.4, 0.5) is 0 Å². The number of hydrogen-bond acceptors (Lipinski definition) is 4. The van der Waals surface area contributed by atoms with Gasteiger partial charge in [0.1, 0.15) is 0 Å². The normalized spacial score (nSPS) is 27.3. The summed E-state index contributed by atoms with van der Waals surface area (Å²) < 4.78 is 5.16. The molecule has 1 aromatic heterocycles. The summed E-state index contributed by atoms with van der Waals surface area (Å²) in [5, 5.41) is 4.30. The number of nitrogens with zero attached hydrogens (tertiary/aromatic N) is 1. The number of nitrogens with one attached hydrogen (secondary N) is 2. The highest BCUT2D eigenvalue weighted by Crippen LogP contribution is 2.32. The average Bonchev–Trinajstić information content (AvgIpc) is 3.13. The number of H-pyrrole nitrogens is 1. The Hall–Kier alpha value is -1.92. The van der Waals surface area contributed by atoms with Gasteiger partial charge < -0.3 is 15.0 Å². The van der Waals surface area contributed by atoms with E-state index in [0.29, 0.717) is 12.0 Å². The summed E-state index contributed by atoms with van der Waals surface area (Å²) in [6.45, 7) is 4.59. The molecule has 4 heterocycles. The van der Waals surface area contributed by atoms with Crippen molar-refractivity contribution in [2.24, 2.45) is 5.92 Å². The molecular formula is C20H25N3O2S. The van der Waals surface area contributed by atoms with Gasteiger partial charge in [-0.2, -0.15) is 0 Å². The fourth-order valence-corrected chi connectivity index (χ4v) is 4.93. The zero-order valence-corrected chi connectivity index (χ0v) is 16.0. The van der Waals surface area contributed by atoms with Crippen molar-refractivity contribution in [1.82, 2.24) is 15.2 Å². The molecule has 0 aliphatic carbocycles. The standard InChI is InChI=1S/C20H25N3O2S/c1-13-19(14-9-11-23(13)12-10-14)22-20(24)15-3-5-16(6-4-15)26-18-8-7-17(21-18)25-2/h3-8,13-14,19,21H,9-12H2,1-2H3,(H,22,24)/t13-,19-/m0/s1. The second-order valence-electron chi connectivity index (χ2n) is 7.13. The van der Waals surface area contributed by atoms with Crippen molar-refractivity contribution in [2.45, 2.75) is 41.8 Å². The Morgan fingerprint density at radius 1 is 1.19 bits per heavy atom. The van der Waals surface area contributed by atoms with Crippen molar-refractivity contribution in [3.05, 3.63) is 42.0 Å². The number of hydrogen-bond donors (Lipinski definition) is 2. The van der Waals surface area contributed by atoms with Crippen LogP contribution in [0.1, 0.15) is 30.1 Å². The van der Waals surface area contributed by atoms with E-state index in [-0.39, 0.29) is 11.9 Å². The number of aromatic nitrogens is 1. The third-order valence-electron chi connectivity index (χ3n) is 5.67. The molecule has 6 heteroatoms. The lowest BCUT2D eigenvalue weighted by molar-refractivity contribution is 0.0217. The highest BCUT2D eigenvalue weighted by atomic mass is 32.2. The molecule has 5 nitrogen and oxygen atoms in total. The number of methoxy groups -OCH3 is 1. The largest absolute Gasteiger partial charge is 0.482 e. The Kier molecular flexibility index (Phi) is 4.96. The number of rotatable bonds is 5. The molecule has 0 saturated carbocycles. The van der Waals surface area contributed by atoms with E-state index >= 15 is 0 Å². The first kappa shape index (κ1) is 17.5. The van der Waals surface area contributed by atoms with Gasteiger partial charge >= 0.3 is 0 Å². The Labute approximate surface area is 158 Å². The molecule has 26 heavy (non-hydrogen) atoms. The lowest BCUT2D eigenvalue weighted by Crippen LogP contribution is -2.62. The fraction of sp³-hybridized carbons (Fsp3) is 0.450. The molecule has 2 aromatic rings. The van der Waals surface area contributed by atoms with Gasteiger partial charge in [0.25, 0.3) is 5.91 Å². The minimum absolute atomic E-state index is 0.0358. The van der Waals surface area contributed by atoms with Crippen molar-refractivity contribution in [3.63, 3.8) is 0 Å². The van der Waals surface area contributed by atoms with Gasteiger partial charge in [-0.25, -0.2) is 0 Å². The average molecular weight is 372 g/mol. The van der Waals surface area contributed by atoms with Crippen molar-refractivity contribution < 1.29 is 9.53 Å². The molecule has 2 atom stereocenters. The van der Waals surface area contributed by atoms with E-state index in [1.54, 1.807) is 18.9 Å². The summed E-state index contributed by atoms with van der Waals surface area (Å²) in [6, 6.07) is 12.4. The number of carbonyl (C=O) groups excluding carboxylic acids is 1. The van der Waals surface area contributed by atoms with Gasteiger partial charge in [0.2, 0.25) is 0 Å². The van der Waals surface area contributed by atoms with Crippen molar-refractivity contribution in [1.29, 1.82) is 0 Å². The van der Waals surface area contributed by atoms with E-state index in [1.807, 2.05) is 36.4 Å². The molecule has 0 unspecified atom stereocenters. The van der Waals surface area contributed by atoms with Crippen LogP contribution < -0.4 is 10.1 Å². The van der Waals surface area contributed by atoms with E-state index in [9.17, 15) is 4.79 Å². The zero-order valence-electron chi connectivity index (χ0n) is 15.2. The molecule has 0 spiro atoms. The van der Waals surface area contributed by atoms with Gasteiger partial charge in [-0.1, -0.05) is 11.8 Å². The predicted octanol–water partition coefficient (Wildman–Crippen LogP) is 3.39. The maximum atomic E-state index is 12.7. The second kappa shape index (κ2) is 7.37. The molecule has 1 aromatic carbocycles. The molecule has 5 rings (SSSR count). The number of aromatic amines is 1. The van der Waals surface area contributed by atoms with Crippen LogP contribution in [0.5, 0.6) is 5.88 Å². The molecule has 0 radical (unpaired) electrons. The molecule has 3 aliphatic heterocycles. The summed E-state index contributed by atoms with van der Waals surface area (Å²) in [5.74, 6) is 1.40. The molecule has 3 saturated heterocycles. The summed E-state index contributed by atoms with van der Waals surface area (Å²) in [5.41, 5.74) is 0.724. The first-order valence-electron chi connectivity index (χ1n) is 9.20. The first-order valence-corrected chi connectivity index (χ1v) is 10.0. The van der Waals surface area contributed by atoms with Crippen LogP contribution in [0.3, 0.4) is 0 Å². The molecular weight excluding hydrogens is 346 g/mol. The number of carbonyl (C=O) groups is 1. The van der Waals surface area contributed by atoms with Crippen LogP contribution in [-0.2, 0) is 0 Å². The number of ether oxygens (including phenoxy) is 1.